The fraction of sp³-hybridized carbons (Fsp3) is 0.385. The number of nitrogens with one attached hydrogen (secondary N) is 1. The fourth-order valence-electron chi connectivity index (χ4n) is 4.00. The number of carbonyl (C=O) groups excluding carboxylic acids is 4. The zero-order valence-corrected chi connectivity index (χ0v) is 19.9. The molecule has 3 amide bonds. The molecule has 0 unspecified atom stereocenters. The number of hydrogen-bond acceptors (Lipinski definition) is 6. The topological polar surface area (TPSA) is 128 Å². The molecule has 35 heavy (non-hydrogen) atoms. The van der Waals surface area contributed by atoms with E-state index < -0.39 is 41.9 Å². The fourth-order valence-corrected chi connectivity index (χ4v) is 4.00. The predicted molar refractivity (Wildman–Crippen MR) is 128 cm³/mol. The van der Waals surface area contributed by atoms with E-state index in [0.29, 0.717) is 0 Å². The van der Waals surface area contributed by atoms with Crippen molar-refractivity contribution < 1.29 is 28.7 Å². The molecule has 2 aromatic carbocycles. The first-order valence-corrected chi connectivity index (χ1v) is 11.6. The van der Waals surface area contributed by atoms with Gasteiger partial charge in [-0.3, -0.25) is 19.3 Å². The number of benzene rings is 2. The highest BCUT2D eigenvalue weighted by Crippen LogP contribution is 2.25. The van der Waals surface area contributed by atoms with Crippen LogP contribution in [0.25, 0.3) is 0 Å². The summed E-state index contributed by atoms with van der Waals surface area (Å²) in [5, 5.41) is 2.63. The summed E-state index contributed by atoms with van der Waals surface area (Å²) >= 11 is 0. The Hall–Kier alpha value is -3.88. The Balaban J connectivity index is 1.75. The Morgan fingerprint density at radius 3 is 2.34 bits per heavy atom. The van der Waals surface area contributed by atoms with E-state index in [2.05, 4.69) is 5.32 Å². The van der Waals surface area contributed by atoms with Crippen molar-refractivity contribution in [2.45, 2.75) is 51.9 Å². The zero-order chi connectivity index (χ0) is 25.4. The molecule has 1 heterocycles. The number of ether oxygens (including phenoxy) is 2. The van der Waals surface area contributed by atoms with Crippen LogP contribution in [0.2, 0.25) is 0 Å². The number of amides is 3. The minimum absolute atomic E-state index is 0.0122. The van der Waals surface area contributed by atoms with Gasteiger partial charge in [-0.25, -0.2) is 4.79 Å². The lowest BCUT2D eigenvalue weighted by atomic mass is 9.93. The molecule has 3 atom stereocenters. The quantitative estimate of drug-likeness (QED) is 0.529. The molecule has 9 nitrogen and oxygen atoms in total. The molecule has 1 aliphatic heterocycles. The maximum atomic E-state index is 13.3. The van der Waals surface area contributed by atoms with Crippen LogP contribution in [0.5, 0.6) is 0 Å². The van der Waals surface area contributed by atoms with Gasteiger partial charge < -0.3 is 20.5 Å². The van der Waals surface area contributed by atoms with E-state index in [0.717, 1.165) is 16.7 Å². The molecule has 186 valence electrons. The maximum Gasteiger partial charge on any atom is 0.411 e. The molecule has 0 saturated carbocycles. The molecule has 1 aliphatic rings. The number of esters is 1. The zero-order valence-electron chi connectivity index (χ0n) is 19.9. The highest BCUT2D eigenvalue weighted by atomic mass is 16.6. The summed E-state index contributed by atoms with van der Waals surface area (Å²) in [6.07, 6.45) is -0.401. The SMILES string of the molecule is CCOC(=O)[C@H](C)C[C@@H](NC(=O)[C@@H]1Cc2ccccc2CN1C(=O)OCc1ccccc1)C(N)=O. The van der Waals surface area contributed by atoms with Crippen LogP contribution in [0.3, 0.4) is 0 Å². The average molecular weight is 482 g/mol. The summed E-state index contributed by atoms with van der Waals surface area (Å²) in [6.45, 7) is 3.74. The molecular weight excluding hydrogens is 450 g/mol. The molecule has 0 aromatic heterocycles. The summed E-state index contributed by atoms with van der Waals surface area (Å²) in [6, 6.07) is 14.8. The van der Waals surface area contributed by atoms with Gasteiger partial charge in [-0.05, 0) is 30.0 Å². The molecule has 9 heteroatoms. The maximum absolute atomic E-state index is 13.3. The number of nitrogens with two attached hydrogens (primary N) is 1. The third-order valence-corrected chi connectivity index (χ3v) is 5.93. The standard InChI is InChI=1S/C26H31N3O6/c1-3-34-25(32)17(2)13-21(23(27)30)28-24(31)22-14-19-11-7-8-12-20(19)15-29(22)26(33)35-16-18-9-5-4-6-10-18/h4-12,17,21-22H,3,13-16H2,1-2H3,(H2,27,30)(H,28,31)/t17-,21-,22+/m1/s1. The second-order valence-corrected chi connectivity index (χ2v) is 8.51. The lowest BCUT2D eigenvalue weighted by molar-refractivity contribution is -0.148. The van der Waals surface area contributed by atoms with Crippen molar-refractivity contribution in [2.24, 2.45) is 11.7 Å². The molecule has 3 N–H and O–H groups in total. The van der Waals surface area contributed by atoms with E-state index in [1.54, 1.807) is 13.8 Å². The number of fused-ring (bicyclic) bond motifs is 1. The van der Waals surface area contributed by atoms with E-state index in [9.17, 15) is 19.2 Å². The van der Waals surface area contributed by atoms with Gasteiger partial charge in [0.05, 0.1) is 19.1 Å². The van der Waals surface area contributed by atoms with E-state index in [-0.39, 0.29) is 32.6 Å². The van der Waals surface area contributed by atoms with Crippen LogP contribution in [0.4, 0.5) is 4.79 Å². The van der Waals surface area contributed by atoms with E-state index >= 15 is 0 Å². The van der Waals surface area contributed by atoms with Crippen molar-refractivity contribution in [1.82, 2.24) is 10.2 Å². The molecule has 0 fully saturated rings. The minimum Gasteiger partial charge on any atom is -0.466 e. The summed E-state index contributed by atoms with van der Waals surface area (Å²) in [5.41, 5.74) is 8.17. The Labute approximate surface area is 204 Å². The van der Waals surface area contributed by atoms with Crippen LogP contribution < -0.4 is 11.1 Å². The van der Waals surface area contributed by atoms with Crippen molar-refractivity contribution in [1.29, 1.82) is 0 Å². The van der Waals surface area contributed by atoms with Crippen molar-refractivity contribution in [3.63, 3.8) is 0 Å². The van der Waals surface area contributed by atoms with E-state index in [1.807, 2.05) is 54.6 Å². The molecule has 3 rings (SSSR count). The van der Waals surface area contributed by atoms with Gasteiger partial charge in [-0.1, -0.05) is 61.5 Å². The van der Waals surface area contributed by atoms with Gasteiger partial charge in [0.1, 0.15) is 18.7 Å². The number of carbonyl (C=O) groups is 4. The van der Waals surface area contributed by atoms with Crippen LogP contribution in [0, 0.1) is 5.92 Å². The van der Waals surface area contributed by atoms with Crippen molar-refractivity contribution >= 4 is 23.9 Å². The van der Waals surface area contributed by atoms with Crippen LogP contribution in [0.1, 0.15) is 37.0 Å². The van der Waals surface area contributed by atoms with E-state index in [1.165, 1.54) is 4.90 Å². The Bertz CT molecular complexity index is 1060. The van der Waals surface area contributed by atoms with Gasteiger partial charge in [0.25, 0.3) is 0 Å². The number of rotatable bonds is 9. The van der Waals surface area contributed by atoms with Crippen LogP contribution in [-0.4, -0.2) is 47.5 Å². The number of hydrogen-bond donors (Lipinski definition) is 2. The smallest absolute Gasteiger partial charge is 0.411 e. The minimum atomic E-state index is -1.10. The summed E-state index contributed by atoms with van der Waals surface area (Å²) < 4.78 is 10.5. The van der Waals surface area contributed by atoms with Crippen molar-refractivity contribution in [2.75, 3.05) is 6.61 Å². The largest absolute Gasteiger partial charge is 0.466 e. The molecule has 0 radical (unpaired) electrons. The van der Waals surface area contributed by atoms with Crippen LogP contribution in [-0.2, 0) is 43.4 Å². The summed E-state index contributed by atoms with van der Waals surface area (Å²) in [4.78, 5) is 51.7. The second kappa shape index (κ2) is 12.0. The van der Waals surface area contributed by atoms with Gasteiger partial charge in [0, 0.05) is 6.42 Å². The normalized spacial score (nSPS) is 16.4. The first kappa shape index (κ1) is 25.7. The molecule has 0 aliphatic carbocycles. The summed E-state index contributed by atoms with van der Waals surface area (Å²) in [7, 11) is 0. The van der Waals surface area contributed by atoms with Gasteiger partial charge in [-0.15, -0.1) is 0 Å². The summed E-state index contributed by atoms with van der Waals surface area (Å²) in [5.74, 6) is -2.45. The van der Waals surface area contributed by atoms with E-state index in [4.69, 9.17) is 15.2 Å². The first-order chi connectivity index (χ1) is 16.8. The van der Waals surface area contributed by atoms with Gasteiger partial charge in [0.15, 0.2) is 0 Å². The lowest BCUT2D eigenvalue weighted by Gasteiger charge is -2.36. The monoisotopic (exact) mass is 481 g/mol. The Morgan fingerprint density at radius 1 is 1.03 bits per heavy atom. The molecule has 0 spiro atoms. The first-order valence-electron chi connectivity index (χ1n) is 11.6. The van der Waals surface area contributed by atoms with Gasteiger partial charge in [-0.2, -0.15) is 0 Å². The Morgan fingerprint density at radius 2 is 1.69 bits per heavy atom. The van der Waals surface area contributed by atoms with Crippen molar-refractivity contribution in [3.8, 4) is 0 Å². The Kier molecular flexibility index (Phi) is 8.83. The van der Waals surface area contributed by atoms with Gasteiger partial charge in [0.2, 0.25) is 11.8 Å². The van der Waals surface area contributed by atoms with Crippen molar-refractivity contribution in [3.05, 3.63) is 71.3 Å². The van der Waals surface area contributed by atoms with Crippen LogP contribution >= 0.6 is 0 Å². The molecule has 0 saturated heterocycles. The third kappa shape index (κ3) is 6.81. The lowest BCUT2D eigenvalue weighted by Crippen LogP contribution is -2.56. The predicted octanol–water partition coefficient (Wildman–Crippen LogP) is 2.31. The van der Waals surface area contributed by atoms with Crippen LogP contribution in [0.15, 0.2) is 54.6 Å². The number of primary amides is 1. The molecule has 0 bridgehead atoms. The second-order valence-electron chi connectivity index (χ2n) is 8.51. The molecule has 2 aromatic rings. The highest BCUT2D eigenvalue weighted by Gasteiger charge is 2.37. The highest BCUT2D eigenvalue weighted by molar-refractivity contribution is 5.91. The molecular formula is C26H31N3O6. The third-order valence-electron chi connectivity index (χ3n) is 5.93. The van der Waals surface area contributed by atoms with Gasteiger partial charge >= 0.3 is 12.1 Å². The average Bonchev–Trinajstić information content (AvgIpc) is 2.86. The number of nitrogens with zero attached hydrogens (tertiary/aromatic N) is 1.